The van der Waals surface area contributed by atoms with Gasteiger partial charge in [0.15, 0.2) is 0 Å². The lowest BCUT2D eigenvalue weighted by atomic mass is 9.72. The Kier molecular flexibility index (Phi) is 12.3. The van der Waals surface area contributed by atoms with Gasteiger partial charge >= 0.3 is 0 Å². The molecule has 8 rings (SSSR count). The molecule has 3 N–H and O–H groups in total. The van der Waals surface area contributed by atoms with E-state index in [1.807, 2.05) is 18.2 Å². The fraction of sp³-hybridized carbons (Fsp3) is 0.386. The van der Waals surface area contributed by atoms with Gasteiger partial charge in [-0.05, 0) is 84.8 Å². The Morgan fingerprint density at radius 3 is 2.49 bits per heavy atom. The van der Waals surface area contributed by atoms with Crippen molar-refractivity contribution in [2.45, 2.75) is 62.9 Å². The van der Waals surface area contributed by atoms with Crippen molar-refractivity contribution < 1.29 is 31.5 Å². The Morgan fingerprint density at radius 1 is 0.984 bits per heavy atom. The van der Waals surface area contributed by atoms with Crippen LogP contribution in [0.25, 0.3) is 16.6 Å². The van der Waals surface area contributed by atoms with Crippen molar-refractivity contribution in [1.82, 2.24) is 29.9 Å². The number of nitrogens with one attached hydrogen (secondary N) is 3. The van der Waals surface area contributed by atoms with E-state index in [0.717, 1.165) is 80.3 Å². The zero-order valence-corrected chi connectivity index (χ0v) is 36.1. The van der Waals surface area contributed by atoms with E-state index < -0.39 is 39.3 Å². The number of anilines is 1. The van der Waals surface area contributed by atoms with Crippen LogP contribution >= 0.6 is 23.2 Å². The van der Waals surface area contributed by atoms with Gasteiger partial charge in [0.2, 0.25) is 12.3 Å². The van der Waals surface area contributed by atoms with Gasteiger partial charge in [0.1, 0.15) is 32.7 Å². The molecule has 17 heteroatoms. The topological polar surface area (TPSA) is 142 Å². The molecule has 322 valence electrons. The monoisotopic (exact) mass is 893 g/mol. The maximum Gasteiger partial charge on any atom is 0.268 e. The van der Waals surface area contributed by atoms with Gasteiger partial charge in [0, 0.05) is 80.5 Å². The lowest BCUT2D eigenvalue weighted by molar-refractivity contribution is 0.00847. The Morgan fingerprint density at radius 2 is 1.77 bits per heavy atom. The summed E-state index contributed by atoms with van der Waals surface area (Å²) in [6, 6.07) is 17.9. The standard InChI is InChI=1S/C44H47Cl2F2N7O5S/c1-43(2)11-9-30(36(22-43)28-3-5-31(45)6-4-28)26-54-15-17-55(18-16-54)32-7-8-35(38(20-32)59-33-19-29-10-13-50-40(29)51-24-33)41(56)53-61(57,58)34-21-37(46)42(52-25-34)60-44(23-39(47)48)12-14-49-27-44/h3-8,10,13,19-21,24-25,39,49H,9,11-12,14-18,22-23,26-27H2,1-2H3,(H,50,51)(H,53,56)/t44-/m1/s1. The van der Waals surface area contributed by atoms with Gasteiger partial charge in [-0.3, -0.25) is 9.69 Å². The largest absolute Gasteiger partial charge is 0.468 e. The van der Waals surface area contributed by atoms with E-state index in [9.17, 15) is 22.0 Å². The first-order valence-corrected chi connectivity index (χ1v) is 22.5. The average Bonchev–Trinajstić information content (AvgIpc) is 3.89. The van der Waals surface area contributed by atoms with Crippen LogP contribution in [0.15, 0.2) is 89.7 Å². The minimum Gasteiger partial charge on any atom is -0.468 e. The summed E-state index contributed by atoms with van der Waals surface area (Å²) in [6.45, 7) is 9.23. The van der Waals surface area contributed by atoms with E-state index in [-0.39, 0.29) is 34.2 Å². The smallest absolute Gasteiger partial charge is 0.268 e. The molecule has 1 atom stereocenters. The molecule has 12 nitrogen and oxygen atoms in total. The highest BCUT2D eigenvalue weighted by Gasteiger charge is 2.40. The van der Waals surface area contributed by atoms with Crippen molar-refractivity contribution in [3.63, 3.8) is 0 Å². The number of fused-ring (bicyclic) bond motifs is 1. The van der Waals surface area contributed by atoms with Crippen LogP contribution in [0.1, 0.15) is 61.9 Å². The van der Waals surface area contributed by atoms with Crippen molar-refractivity contribution >= 4 is 61.4 Å². The third-order valence-electron chi connectivity index (χ3n) is 11.7. The summed E-state index contributed by atoms with van der Waals surface area (Å²) in [5.74, 6) is -0.664. The number of H-pyrrole nitrogens is 1. The summed E-state index contributed by atoms with van der Waals surface area (Å²) in [5.41, 5.74) is 4.49. The summed E-state index contributed by atoms with van der Waals surface area (Å²) in [4.78, 5) is 29.7. The molecule has 0 spiro atoms. The fourth-order valence-corrected chi connectivity index (χ4v) is 9.69. The number of halogens is 4. The van der Waals surface area contributed by atoms with Crippen LogP contribution in [0.3, 0.4) is 0 Å². The van der Waals surface area contributed by atoms with Gasteiger partial charge in [-0.25, -0.2) is 31.9 Å². The van der Waals surface area contributed by atoms with Gasteiger partial charge in [-0.2, -0.15) is 0 Å². The number of benzene rings is 2. The van der Waals surface area contributed by atoms with Crippen LogP contribution in [0.2, 0.25) is 10.0 Å². The molecule has 3 aliphatic rings. The third kappa shape index (κ3) is 9.97. The molecule has 2 saturated heterocycles. The second-order valence-electron chi connectivity index (χ2n) is 16.8. The average molecular weight is 895 g/mol. The molecule has 5 heterocycles. The molecule has 2 fully saturated rings. The number of piperazine rings is 1. The summed E-state index contributed by atoms with van der Waals surface area (Å²) in [5, 5.41) is 4.31. The zero-order chi connectivity index (χ0) is 42.9. The summed E-state index contributed by atoms with van der Waals surface area (Å²) >= 11 is 12.6. The lowest BCUT2D eigenvalue weighted by Crippen LogP contribution is -2.47. The molecular weight excluding hydrogens is 847 g/mol. The number of hydrogen-bond acceptors (Lipinski definition) is 10. The van der Waals surface area contributed by atoms with E-state index in [1.165, 1.54) is 29.0 Å². The number of carbonyl (C=O) groups is 1. The van der Waals surface area contributed by atoms with E-state index in [4.69, 9.17) is 32.7 Å². The number of sulfonamides is 1. The van der Waals surface area contributed by atoms with Gasteiger partial charge in [-0.15, -0.1) is 0 Å². The highest BCUT2D eigenvalue weighted by Crippen LogP contribution is 2.43. The number of allylic oxidation sites excluding steroid dienone is 1. The normalized spacial score (nSPS) is 19.8. The number of aromatic nitrogens is 3. The molecule has 2 aliphatic heterocycles. The summed E-state index contributed by atoms with van der Waals surface area (Å²) in [6.07, 6.45) is 4.54. The molecule has 0 bridgehead atoms. The molecule has 0 saturated carbocycles. The molecule has 0 unspecified atom stereocenters. The Balaban J connectivity index is 1.00. The van der Waals surface area contributed by atoms with E-state index in [1.54, 1.807) is 24.4 Å². The predicted octanol–water partition coefficient (Wildman–Crippen LogP) is 8.73. The Bertz CT molecular complexity index is 2560. The number of carbonyl (C=O) groups excluding carboxylic acids is 1. The highest BCUT2D eigenvalue weighted by molar-refractivity contribution is 7.90. The van der Waals surface area contributed by atoms with Crippen molar-refractivity contribution in [2.75, 3.05) is 50.7 Å². The number of hydrogen-bond donors (Lipinski definition) is 3. The first-order valence-electron chi connectivity index (χ1n) is 20.2. The molecule has 5 aromatic rings. The number of amides is 1. The van der Waals surface area contributed by atoms with Crippen LogP contribution in [-0.4, -0.2) is 92.0 Å². The quantitative estimate of drug-likeness (QED) is 0.105. The zero-order valence-electron chi connectivity index (χ0n) is 33.8. The van der Waals surface area contributed by atoms with Crippen LogP contribution < -0.4 is 24.4 Å². The number of nitrogens with zero attached hydrogens (tertiary/aromatic N) is 4. The molecule has 61 heavy (non-hydrogen) atoms. The van der Waals surface area contributed by atoms with E-state index >= 15 is 0 Å². The van der Waals surface area contributed by atoms with Crippen molar-refractivity contribution in [1.29, 1.82) is 0 Å². The number of aromatic amines is 1. The fourth-order valence-electron chi connectivity index (χ4n) is 8.36. The Labute approximate surface area is 363 Å². The number of ether oxygens (including phenoxy) is 2. The second kappa shape index (κ2) is 17.5. The third-order valence-corrected chi connectivity index (χ3v) is 13.5. The number of alkyl halides is 2. The maximum absolute atomic E-state index is 13.9. The first kappa shape index (κ1) is 42.9. The number of rotatable bonds is 13. The molecule has 1 aliphatic carbocycles. The summed E-state index contributed by atoms with van der Waals surface area (Å²) in [7, 11) is -4.53. The van der Waals surface area contributed by atoms with E-state index in [2.05, 4.69) is 60.8 Å². The lowest BCUT2D eigenvalue weighted by Gasteiger charge is -2.39. The Hall–Kier alpha value is -4.80. The molecular formula is C44H47Cl2F2N7O5S. The minimum atomic E-state index is -4.53. The van der Waals surface area contributed by atoms with Crippen molar-refractivity contribution in [3.8, 4) is 17.4 Å². The second-order valence-corrected chi connectivity index (χ2v) is 19.3. The SMILES string of the molecule is CC1(C)CCC(CN2CCN(c3ccc(C(=O)NS(=O)(=O)c4cnc(O[C@@]5(CC(F)F)CCNC5)c(Cl)c4)c(Oc4cnc5[nH]ccc5c4)c3)CC2)=C(c2ccc(Cl)cc2)C1. The molecule has 0 radical (unpaired) electrons. The van der Waals surface area contributed by atoms with Crippen LogP contribution in [0.4, 0.5) is 14.5 Å². The van der Waals surface area contributed by atoms with Crippen LogP contribution in [0, 0.1) is 5.41 Å². The van der Waals surface area contributed by atoms with Crippen LogP contribution in [-0.2, 0) is 10.0 Å². The van der Waals surface area contributed by atoms with Gasteiger partial charge in [0.25, 0.3) is 15.9 Å². The molecule has 3 aromatic heterocycles. The van der Waals surface area contributed by atoms with Crippen molar-refractivity contribution in [2.24, 2.45) is 5.41 Å². The summed E-state index contributed by atoms with van der Waals surface area (Å²) < 4.78 is 68.3. The molecule has 2 aromatic carbocycles. The van der Waals surface area contributed by atoms with Gasteiger partial charge in [-0.1, -0.05) is 54.8 Å². The first-order chi connectivity index (χ1) is 29.1. The number of pyridine rings is 2. The molecule has 1 amide bonds. The van der Waals surface area contributed by atoms with Crippen LogP contribution in [0.5, 0.6) is 17.4 Å². The van der Waals surface area contributed by atoms with Crippen molar-refractivity contribution in [3.05, 3.63) is 106 Å². The maximum atomic E-state index is 13.9. The highest BCUT2D eigenvalue weighted by atomic mass is 35.5. The predicted molar refractivity (Wildman–Crippen MR) is 233 cm³/mol. The van der Waals surface area contributed by atoms with Gasteiger partial charge in [0.05, 0.1) is 18.0 Å². The minimum absolute atomic E-state index is 0.0382. The van der Waals surface area contributed by atoms with Gasteiger partial charge < -0.3 is 24.7 Å². The van der Waals surface area contributed by atoms with E-state index in [0.29, 0.717) is 24.4 Å².